The van der Waals surface area contributed by atoms with Gasteiger partial charge in [-0.3, -0.25) is 4.98 Å². The van der Waals surface area contributed by atoms with Crippen LogP contribution in [0.3, 0.4) is 0 Å². The Balaban J connectivity index is 1.65. The molecular formula is C23H15N3O3. The fraction of sp³-hybridized carbons (Fsp3) is 0.0435. The van der Waals surface area contributed by atoms with Gasteiger partial charge in [0, 0.05) is 35.5 Å². The molecular weight excluding hydrogens is 366 g/mol. The number of nitrogens with zero attached hydrogens (tertiary/aromatic N) is 3. The highest BCUT2D eigenvalue weighted by Gasteiger charge is 2.12. The molecule has 0 unspecified atom stereocenters. The molecule has 2 aromatic carbocycles. The number of aryl methyl sites for hydroxylation is 1. The van der Waals surface area contributed by atoms with Gasteiger partial charge in [-0.15, -0.1) is 0 Å². The first-order valence-electron chi connectivity index (χ1n) is 9.07. The van der Waals surface area contributed by atoms with Gasteiger partial charge in [0.15, 0.2) is 5.82 Å². The molecule has 6 heteroatoms. The van der Waals surface area contributed by atoms with Gasteiger partial charge in [0.05, 0.1) is 10.9 Å². The molecule has 0 spiro atoms. The van der Waals surface area contributed by atoms with Crippen molar-refractivity contribution in [3.05, 3.63) is 89.0 Å². The molecule has 140 valence electrons. The number of ether oxygens (including phenoxy) is 1. The smallest absolute Gasteiger partial charge is 0.336 e. The van der Waals surface area contributed by atoms with E-state index in [1.165, 1.54) is 6.07 Å². The summed E-state index contributed by atoms with van der Waals surface area (Å²) in [5.74, 6) is 1.46. The summed E-state index contributed by atoms with van der Waals surface area (Å²) in [7, 11) is 0. The van der Waals surface area contributed by atoms with Crippen molar-refractivity contribution < 1.29 is 9.15 Å². The average molecular weight is 381 g/mol. The average Bonchev–Trinajstić information content (AvgIpc) is 2.74. The minimum Gasteiger partial charge on any atom is -0.438 e. The normalized spacial score (nSPS) is 11.1. The SMILES string of the molecule is Cc1cc(=O)oc2cc(Oc3nc(-c4cccnc4)nc4ccccc34)ccc12. The molecule has 0 saturated carbocycles. The maximum atomic E-state index is 11.7. The number of rotatable bonds is 3. The quantitative estimate of drug-likeness (QED) is 0.414. The van der Waals surface area contributed by atoms with Crippen LogP contribution in [0.15, 0.2) is 82.3 Å². The van der Waals surface area contributed by atoms with E-state index in [9.17, 15) is 4.79 Å². The number of benzene rings is 2. The molecule has 0 bridgehead atoms. The Morgan fingerprint density at radius 3 is 2.69 bits per heavy atom. The van der Waals surface area contributed by atoms with E-state index < -0.39 is 5.63 Å². The number of pyridine rings is 1. The third-order valence-electron chi connectivity index (χ3n) is 4.63. The van der Waals surface area contributed by atoms with Gasteiger partial charge in [-0.1, -0.05) is 12.1 Å². The first-order chi connectivity index (χ1) is 14.2. The van der Waals surface area contributed by atoms with E-state index in [1.807, 2.05) is 55.5 Å². The topological polar surface area (TPSA) is 78.1 Å². The molecule has 29 heavy (non-hydrogen) atoms. The van der Waals surface area contributed by atoms with Crippen molar-refractivity contribution in [1.82, 2.24) is 15.0 Å². The van der Waals surface area contributed by atoms with E-state index in [4.69, 9.17) is 9.15 Å². The number of fused-ring (bicyclic) bond motifs is 2. The lowest BCUT2D eigenvalue weighted by Crippen LogP contribution is -1.99. The Morgan fingerprint density at radius 1 is 0.931 bits per heavy atom. The maximum Gasteiger partial charge on any atom is 0.336 e. The van der Waals surface area contributed by atoms with Crippen LogP contribution in [0, 0.1) is 6.92 Å². The molecule has 6 nitrogen and oxygen atoms in total. The summed E-state index contributed by atoms with van der Waals surface area (Å²) in [5.41, 5.74) is 2.49. The predicted molar refractivity (Wildman–Crippen MR) is 110 cm³/mol. The molecule has 5 rings (SSSR count). The second kappa shape index (κ2) is 6.83. The summed E-state index contributed by atoms with van der Waals surface area (Å²) in [5, 5.41) is 1.64. The molecule has 0 radical (unpaired) electrons. The van der Waals surface area contributed by atoms with Crippen molar-refractivity contribution in [2.75, 3.05) is 0 Å². The maximum absolute atomic E-state index is 11.7. The predicted octanol–water partition coefficient (Wildman–Crippen LogP) is 4.90. The van der Waals surface area contributed by atoms with Gasteiger partial charge in [-0.2, -0.15) is 4.98 Å². The lowest BCUT2D eigenvalue weighted by Gasteiger charge is -2.10. The fourth-order valence-electron chi connectivity index (χ4n) is 3.23. The Hall–Kier alpha value is -4.06. The summed E-state index contributed by atoms with van der Waals surface area (Å²) in [6, 6.07) is 18.2. The number of hydrogen-bond donors (Lipinski definition) is 0. The largest absolute Gasteiger partial charge is 0.438 e. The van der Waals surface area contributed by atoms with Gasteiger partial charge < -0.3 is 9.15 Å². The van der Waals surface area contributed by atoms with Crippen molar-refractivity contribution in [3.8, 4) is 23.0 Å². The van der Waals surface area contributed by atoms with Gasteiger partial charge in [-0.25, -0.2) is 9.78 Å². The van der Waals surface area contributed by atoms with E-state index >= 15 is 0 Å². The van der Waals surface area contributed by atoms with Crippen molar-refractivity contribution in [1.29, 1.82) is 0 Å². The summed E-state index contributed by atoms with van der Waals surface area (Å²) < 4.78 is 11.4. The van der Waals surface area contributed by atoms with Gasteiger partial charge in [0.2, 0.25) is 5.88 Å². The van der Waals surface area contributed by atoms with Gasteiger partial charge in [0.1, 0.15) is 11.3 Å². The zero-order valence-electron chi connectivity index (χ0n) is 15.5. The summed E-state index contributed by atoms with van der Waals surface area (Å²) >= 11 is 0. The van der Waals surface area contributed by atoms with Gasteiger partial charge in [0.25, 0.3) is 0 Å². The Labute approximate surface area is 165 Å². The fourth-order valence-corrected chi connectivity index (χ4v) is 3.23. The molecule has 3 aromatic heterocycles. The van der Waals surface area contributed by atoms with Gasteiger partial charge in [-0.05, 0) is 48.9 Å². The molecule has 3 heterocycles. The molecule has 0 saturated heterocycles. The summed E-state index contributed by atoms with van der Waals surface area (Å²) in [6.07, 6.45) is 3.41. The molecule has 5 aromatic rings. The zero-order valence-corrected chi connectivity index (χ0v) is 15.5. The van der Waals surface area contributed by atoms with Crippen molar-refractivity contribution in [2.24, 2.45) is 0 Å². The standard InChI is InChI=1S/C23H15N3O3/c1-14-11-21(27)29-20-12-16(8-9-17(14)20)28-23-18-6-2-3-7-19(18)25-22(26-23)15-5-4-10-24-13-15/h2-13H,1H3. The lowest BCUT2D eigenvalue weighted by molar-refractivity contribution is 0.467. The van der Waals surface area contributed by atoms with Crippen LogP contribution in [0.5, 0.6) is 11.6 Å². The number of hydrogen-bond acceptors (Lipinski definition) is 6. The number of para-hydroxylation sites is 1. The molecule has 0 aliphatic rings. The third-order valence-corrected chi connectivity index (χ3v) is 4.63. The molecule has 0 fully saturated rings. The Bertz CT molecular complexity index is 1410. The van der Waals surface area contributed by atoms with E-state index in [-0.39, 0.29) is 0 Å². The van der Waals surface area contributed by atoms with Crippen molar-refractivity contribution >= 4 is 21.9 Å². The summed E-state index contributed by atoms with van der Waals surface area (Å²) in [4.78, 5) is 25.1. The van der Waals surface area contributed by atoms with Crippen LogP contribution < -0.4 is 10.4 Å². The molecule has 0 atom stereocenters. The van der Waals surface area contributed by atoms with Crippen LogP contribution in [0.2, 0.25) is 0 Å². The van der Waals surface area contributed by atoms with Crippen LogP contribution in [-0.4, -0.2) is 15.0 Å². The van der Waals surface area contributed by atoms with Crippen LogP contribution >= 0.6 is 0 Å². The minimum atomic E-state index is -0.390. The van der Waals surface area contributed by atoms with Crippen LogP contribution in [0.25, 0.3) is 33.3 Å². The zero-order chi connectivity index (χ0) is 19.8. The van der Waals surface area contributed by atoms with E-state index in [0.29, 0.717) is 23.0 Å². The Morgan fingerprint density at radius 2 is 1.83 bits per heavy atom. The highest BCUT2D eigenvalue weighted by molar-refractivity contribution is 5.86. The van der Waals surface area contributed by atoms with Gasteiger partial charge >= 0.3 is 5.63 Å². The van der Waals surface area contributed by atoms with Crippen LogP contribution in [0.1, 0.15) is 5.56 Å². The van der Waals surface area contributed by atoms with Crippen molar-refractivity contribution in [3.63, 3.8) is 0 Å². The van der Waals surface area contributed by atoms with E-state index in [0.717, 1.165) is 27.4 Å². The first kappa shape index (κ1) is 17.1. The second-order valence-electron chi connectivity index (χ2n) is 6.62. The monoisotopic (exact) mass is 381 g/mol. The molecule has 0 aliphatic carbocycles. The summed E-state index contributed by atoms with van der Waals surface area (Å²) in [6.45, 7) is 1.87. The van der Waals surface area contributed by atoms with E-state index in [1.54, 1.807) is 18.5 Å². The minimum absolute atomic E-state index is 0.390. The highest BCUT2D eigenvalue weighted by atomic mass is 16.5. The van der Waals surface area contributed by atoms with Crippen LogP contribution in [-0.2, 0) is 0 Å². The Kier molecular flexibility index (Phi) is 4.02. The lowest BCUT2D eigenvalue weighted by atomic mass is 10.1. The highest BCUT2D eigenvalue weighted by Crippen LogP contribution is 2.31. The first-order valence-corrected chi connectivity index (χ1v) is 9.07. The van der Waals surface area contributed by atoms with Crippen molar-refractivity contribution in [2.45, 2.75) is 6.92 Å². The van der Waals surface area contributed by atoms with E-state index in [2.05, 4.69) is 15.0 Å². The van der Waals surface area contributed by atoms with Crippen LogP contribution in [0.4, 0.5) is 0 Å². The molecule has 0 aliphatic heterocycles. The third kappa shape index (κ3) is 3.21. The second-order valence-corrected chi connectivity index (χ2v) is 6.62. The number of aromatic nitrogens is 3. The molecule has 0 N–H and O–H groups in total. The molecule has 0 amide bonds.